The maximum absolute atomic E-state index is 12.1. The minimum Gasteiger partial charge on any atom is -0.347 e. The number of ketones is 1. The normalized spacial score (nSPS) is 15.9. The van der Waals surface area contributed by atoms with Crippen LogP contribution < -0.4 is 0 Å². The van der Waals surface area contributed by atoms with Gasteiger partial charge in [0.25, 0.3) is 0 Å². The molecule has 0 N–H and O–H groups in total. The van der Waals surface area contributed by atoms with Crippen molar-refractivity contribution in [3.8, 4) is 0 Å². The average molecular weight is 277 g/mol. The summed E-state index contributed by atoms with van der Waals surface area (Å²) in [6.07, 6.45) is 2.13. The van der Waals surface area contributed by atoms with E-state index in [1.54, 1.807) is 6.07 Å². The predicted octanol–water partition coefficient (Wildman–Crippen LogP) is 3.57. The van der Waals surface area contributed by atoms with E-state index in [1.807, 2.05) is 11.5 Å². The second kappa shape index (κ2) is 4.99. The molecule has 1 aliphatic carbocycles. The lowest BCUT2D eigenvalue weighted by Crippen LogP contribution is -2.15. The second-order valence-electron chi connectivity index (χ2n) is 4.37. The first-order chi connectivity index (χ1) is 8.38. The van der Waals surface area contributed by atoms with Crippen LogP contribution in [-0.4, -0.2) is 21.6 Å². The molecule has 2 nitrogen and oxygen atoms in total. The van der Waals surface area contributed by atoms with Crippen LogP contribution in [0.25, 0.3) is 0 Å². The summed E-state index contributed by atoms with van der Waals surface area (Å²) in [6.45, 7) is 2.14. The van der Waals surface area contributed by atoms with Gasteiger partial charge in [-0.15, -0.1) is 0 Å². The van der Waals surface area contributed by atoms with E-state index in [0.29, 0.717) is 18.5 Å². The fourth-order valence-electron chi connectivity index (χ4n) is 2.35. The number of halogens is 3. The molecule has 1 aromatic heterocycles. The fourth-order valence-corrected chi connectivity index (χ4v) is 2.86. The minimum atomic E-state index is -4.18. The zero-order valence-corrected chi connectivity index (χ0v) is 10.8. The summed E-state index contributed by atoms with van der Waals surface area (Å²) < 4.78 is 38.1. The third kappa shape index (κ3) is 2.91. The zero-order valence-electron chi connectivity index (χ0n) is 10.0. The molecule has 0 bridgehead atoms. The van der Waals surface area contributed by atoms with E-state index in [4.69, 9.17) is 0 Å². The largest absolute Gasteiger partial charge is 0.441 e. The van der Waals surface area contributed by atoms with Gasteiger partial charge in [-0.1, -0.05) is 0 Å². The Bertz CT molecular complexity index is 465. The molecule has 6 heteroatoms. The van der Waals surface area contributed by atoms with E-state index < -0.39 is 5.51 Å². The Kier molecular flexibility index (Phi) is 3.75. The zero-order chi connectivity index (χ0) is 13.3. The van der Waals surface area contributed by atoms with Gasteiger partial charge >= 0.3 is 5.51 Å². The number of hydrogen-bond donors (Lipinski definition) is 0. The number of fused-ring (bicyclic) bond motifs is 1. The Morgan fingerprint density at radius 3 is 2.78 bits per heavy atom. The smallest absolute Gasteiger partial charge is 0.347 e. The number of carbonyl (C=O) groups is 1. The van der Waals surface area contributed by atoms with Gasteiger partial charge in [-0.05, 0) is 37.6 Å². The molecule has 18 heavy (non-hydrogen) atoms. The summed E-state index contributed by atoms with van der Waals surface area (Å²) in [7, 11) is 0. The van der Waals surface area contributed by atoms with Gasteiger partial charge < -0.3 is 4.57 Å². The van der Waals surface area contributed by atoms with Crippen LogP contribution in [0.2, 0.25) is 0 Å². The van der Waals surface area contributed by atoms with Crippen molar-refractivity contribution in [1.82, 2.24) is 4.57 Å². The third-order valence-corrected chi connectivity index (χ3v) is 3.83. The maximum atomic E-state index is 12.1. The quantitative estimate of drug-likeness (QED) is 0.842. The van der Waals surface area contributed by atoms with E-state index >= 15 is 0 Å². The van der Waals surface area contributed by atoms with Crippen LogP contribution in [0.5, 0.6) is 0 Å². The fraction of sp³-hybridized carbons (Fsp3) is 0.583. The van der Waals surface area contributed by atoms with Crippen LogP contribution in [0.3, 0.4) is 0 Å². The Morgan fingerprint density at radius 1 is 1.39 bits per heavy atom. The first-order valence-electron chi connectivity index (χ1n) is 5.81. The van der Waals surface area contributed by atoms with Gasteiger partial charge in [0.05, 0.1) is 0 Å². The number of hydrogen-bond acceptors (Lipinski definition) is 2. The van der Waals surface area contributed by atoms with Gasteiger partial charge in [-0.25, -0.2) is 0 Å². The summed E-state index contributed by atoms with van der Waals surface area (Å²) in [6, 6.07) is 1.80. The number of rotatable bonds is 3. The number of alkyl halides is 3. The van der Waals surface area contributed by atoms with Crippen molar-refractivity contribution in [1.29, 1.82) is 0 Å². The highest BCUT2D eigenvalue weighted by atomic mass is 32.2. The lowest BCUT2D eigenvalue weighted by molar-refractivity contribution is -0.0328. The van der Waals surface area contributed by atoms with Crippen molar-refractivity contribution >= 4 is 17.5 Å². The van der Waals surface area contributed by atoms with Crippen molar-refractivity contribution in [2.24, 2.45) is 0 Å². The molecule has 1 heterocycles. The van der Waals surface area contributed by atoms with Gasteiger partial charge in [0.2, 0.25) is 0 Å². The van der Waals surface area contributed by atoms with Gasteiger partial charge in [0.15, 0.2) is 5.78 Å². The molecule has 0 aliphatic heterocycles. The SMILES string of the molecule is Cc1cc2c(n1CCSC(F)(F)F)CCCC2=O. The number of thioether (sulfide) groups is 1. The summed E-state index contributed by atoms with van der Waals surface area (Å²) in [5, 5.41) is 0. The van der Waals surface area contributed by atoms with Gasteiger partial charge in [-0.2, -0.15) is 13.2 Å². The topological polar surface area (TPSA) is 22.0 Å². The molecular weight excluding hydrogens is 263 g/mol. The van der Waals surface area contributed by atoms with Gasteiger partial charge in [0, 0.05) is 35.7 Å². The number of carbonyl (C=O) groups excluding carboxylic acids is 1. The molecule has 0 amide bonds. The summed E-state index contributed by atoms with van der Waals surface area (Å²) in [5.74, 6) is 0.0983. The van der Waals surface area contributed by atoms with E-state index in [9.17, 15) is 18.0 Å². The number of nitrogens with zero attached hydrogens (tertiary/aromatic N) is 1. The lowest BCUT2D eigenvalue weighted by Gasteiger charge is -2.16. The second-order valence-corrected chi connectivity index (χ2v) is 5.53. The van der Waals surface area contributed by atoms with Crippen LogP contribution in [0, 0.1) is 6.92 Å². The van der Waals surface area contributed by atoms with Crippen LogP contribution in [0.4, 0.5) is 13.2 Å². The van der Waals surface area contributed by atoms with Crippen molar-refractivity contribution in [2.45, 2.75) is 38.2 Å². The minimum absolute atomic E-state index is 0.0138. The average Bonchev–Trinajstić information content (AvgIpc) is 2.56. The molecule has 0 saturated carbocycles. The van der Waals surface area contributed by atoms with E-state index in [1.165, 1.54) is 0 Å². The van der Waals surface area contributed by atoms with Crippen molar-refractivity contribution < 1.29 is 18.0 Å². The molecule has 0 fully saturated rings. The number of aryl methyl sites for hydroxylation is 1. The number of aromatic nitrogens is 1. The maximum Gasteiger partial charge on any atom is 0.441 e. The molecule has 0 radical (unpaired) electrons. The molecule has 0 unspecified atom stereocenters. The highest BCUT2D eigenvalue weighted by Crippen LogP contribution is 2.31. The van der Waals surface area contributed by atoms with Crippen LogP contribution >= 0.6 is 11.8 Å². The first-order valence-corrected chi connectivity index (χ1v) is 6.80. The van der Waals surface area contributed by atoms with Crippen molar-refractivity contribution in [2.75, 3.05) is 5.75 Å². The van der Waals surface area contributed by atoms with Crippen LogP contribution in [0.15, 0.2) is 6.07 Å². The molecule has 1 aliphatic rings. The molecule has 0 saturated heterocycles. The van der Waals surface area contributed by atoms with Crippen LogP contribution in [0.1, 0.15) is 34.6 Å². The standard InChI is InChI=1S/C12H14F3NOS/c1-8-7-9-10(3-2-4-11(9)17)16(8)5-6-18-12(13,14)15/h7H,2-6H2,1H3. The predicted molar refractivity (Wildman–Crippen MR) is 65.0 cm³/mol. The molecule has 0 spiro atoms. The molecule has 0 aromatic carbocycles. The van der Waals surface area contributed by atoms with Crippen molar-refractivity contribution in [3.63, 3.8) is 0 Å². The summed E-state index contributed by atoms with van der Waals surface area (Å²) in [5.41, 5.74) is -1.70. The Morgan fingerprint density at radius 2 is 2.11 bits per heavy atom. The van der Waals surface area contributed by atoms with E-state index in [-0.39, 0.29) is 23.3 Å². The molecule has 1 aromatic rings. The third-order valence-electron chi connectivity index (χ3n) is 3.11. The van der Waals surface area contributed by atoms with Gasteiger partial charge in [0.1, 0.15) is 0 Å². The van der Waals surface area contributed by atoms with Crippen molar-refractivity contribution in [3.05, 3.63) is 23.0 Å². The molecule has 100 valence electrons. The van der Waals surface area contributed by atoms with E-state index in [2.05, 4.69) is 0 Å². The lowest BCUT2D eigenvalue weighted by atomic mass is 9.97. The molecule has 2 rings (SSSR count). The molecule has 0 atom stereocenters. The Hall–Kier alpha value is -0.910. The monoisotopic (exact) mass is 277 g/mol. The Balaban J connectivity index is 2.11. The number of Topliss-reactive ketones (excluding diaryl/α,β-unsaturated/α-hetero) is 1. The molecular formula is C12H14F3NOS. The summed E-state index contributed by atoms with van der Waals surface area (Å²) in [4.78, 5) is 11.7. The first kappa shape index (κ1) is 13.5. The highest BCUT2D eigenvalue weighted by molar-refractivity contribution is 8.00. The van der Waals surface area contributed by atoms with Crippen LogP contribution in [-0.2, 0) is 13.0 Å². The Labute approximate surface area is 108 Å². The van der Waals surface area contributed by atoms with E-state index in [0.717, 1.165) is 24.2 Å². The highest BCUT2D eigenvalue weighted by Gasteiger charge is 2.28. The van der Waals surface area contributed by atoms with Gasteiger partial charge in [-0.3, -0.25) is 4.79 Å². The summed E-state index contributed by atoms with van der Waals surface area (Å²) >= 11 is -0.0138.